The van der Waals surface area contributed by atoms with Crippen molar-refractivity contribution < 1.29 is 14.5 Å². The highest BCUT2D eigenvalue weighted by Crippen LogP contribution is 2.39. The Labute approximate surface area is 209 Å². The molecule has 0 unspecified atom stereocenters. The number of carbonyl (C=O) groups is 2. The van der Waals surface area contributed by atoms with Crippen LogP contribution in [0.1, 0.15) is 23.1 Å². The molecular formula is C27H27N5O4. The molecule has 1 heterocycles. The Morgan fingerprint density at radius 2 is 1.75 bits per heavy atom. The number of amides is 2. The number of hydrogen-bond donors (Lipinski definition) is 3. The Morgan fingerprint density at radius 1 is 1.03 bits per heavy atom. The minimum atomic E-state index is -0.473. The minimum Gasteiger partial charge on any atom is -0.354 e. The van der Waals surface area contributed by atoms with Crippen molar-refractivity contribution in [3.8, 4) is 0 Å². The normalized spacial score (nSPS) is 13.6. The fraction of sp³-hybridized carbons (Fsp3) is 0.185. The van der Waals surface area contributed by atoms with E-state index in [1.807, 2.05) is 54.6 Å². The summed E-state index contributed by atoms with van der Waals surface area (Å²) in [6, 6.07) is 21.5. The van der Waals surface area contributed by atoms with E-state index in [-0.39, 0.29) is 17.5 Å². The summed E-state index contributed by atoms with van der Waals surface area (Å²) in [5, 5.41) is 20.8. The van der Waals surface area contributed by atoms with E-state index in [9.17, 15) is 19.7 Å². The fourth-order valence-electron chi connectivity index (χ4n) is 3.90. The highest BCUT2D eigenvalue weighted by molar-refractivity contribution is 6.37. The third-order valence-electron chi connectivity index (χ3n) is 5.84. The van der Waals surface area contributed by atoms with Crippen LogP contribution in [0.4, 0.5) is 17.1 Å². The van der Waals surface area contributed by atoms with Crippen molar-refractivity contribution in [1.82, 2.24) is 10.2 Å². The largest absolute Gasteiger partial charge is 0.354 e. The monoisotopic (exact) mass is 485 g/mol. The molecule has 2 amide bonds. The molecule has 0 spiro atoms. The summed E-state index contributed by atoms with van der Waals surface area (Å²) < 4.78 is 0. The van der Waals surface area contributed by atoms with Crippen LogP contribution in [-0.4, -0.2) is 42.3 Å². The summed E-state index contributed by atoms with van der Waals surface area (Å²) in [5.41, 5.74) is 4.42. The number of nitro benzene ring substituents is 1. The molecule has 1 aliphatic rings. The Morgan fingerprint density at radius 3 is 2.42 bits per heavy atom. The summed E-state index contributed by atoms with van der Waals surface area (Å²) >= 11 is 0. The molecule has 0 radical (unpaired) electrons. The van der Waals surface area contributed by atoms with Crippen LogP contribution in [0.3, 0.4) is 0 Å². The molecule has 0 aliphatic carbocycles. The van der Waals surface area contributed by atoms with Gasteiger partial charge in [-0.15, -0.1) is 0 Å². The van der Waals surface area contributed by atoms with E-state index in [1.165, 1.54) is 12.1 Å². The van der Waals surface area contributed by atoms with E-state index >= 15 is 0 Å². The molecule has 3 aromatic rings. The lowest BCUT2D eigenvalue weighted by molar-refractivity contribution is -0.384. The number of benzene rings is 3. The lowest BCUT2D eigenvalue weighted by Gasteiger charge is -2.15. The van der Waals surface area contributed by atoms with Gasteiger partial charge in [-0.05, 0) is 29.3 Å². The zero-order valence-electron chi connectivity index (χ0n) is 20.1. The standard InChI is InChI=1S/C27H27N5O4/c1-31(2)24(33)14-15-28-17-18-8-10-20(11-9-18)29-26(19-6-4-3-5-7-19)25-22-16-21(32(35)36)12-13-23(22)30-27(25)34/h3-13,16,28-29H,14-15,17H2,1-2H3,(H,30,34). The van der Waals surface area contributed by atoms with E-state index in [1.54, 1.807) is 25.1 Å². The first-order valence-electron chi connectivity index (χ1n) is 11.5. The maximum absolute atomic E-state index is 13.0. The fourth-order valence-corrected chi connectivity index (χ4v) is 3.90. The molecule has 0 bridgehead atoms. The Kier molecular flexibility index (Phi) is 7.41. The summed E-state index contributed by atoms with van der Waals surface area (Å²) in [7, 11) is 3.48. The van der Waals surface area contributed by atoms with Crippen LogP contribution < -0.4 is 16.0 Å². The van der Waals surface area contributed by atoms with E-state index in [0.29, 0.717) is 42.0 Å². The summed E-state index contributed by atoms with van der Waals surface area (Å²) in [6.45, 7) is 1.20. The molecule has 3 N–H and O–H groups in total. The molecule has 0 fully saturated rings. The van der Waals surface area contributed by atoms with Gasteiger partial charge in [-0.2, -0.15) is 0 Å². The first-order valence-corrected chi connectivity index (χ1v) is 11.5. The van der Waals surface area contributed by atoms with Crippen molar-refractivity contribution in [2.45, 2.75) is 13.0 Å². The second-order valence-corrected chi connectivity index (χ2v) is 8.59. The average molecular weight is 486 g/mol. The van der Waals surface area contributed by atoms with Crippen molar-refractivity contribution in [3.05, 3.63) is 99.6 Å². The number of carbonyl (C=O) groups excluding carboxylic acids is 2. The summed E-state index contributed by atoms with van der Waals surface area (Å²) in [6.07, 6.45) is 0.433. The molecule has 3 aromatic carbocycles. The molecule has 0 atom stereocenters. The first kappa shape index (κ1) is 24.6. The number of fused-ring (bicyclic) bond motifs is 1. The highest BCUT2D eigenvalue weighted by atomic mass is 16.6. The van der Waals surface area contributed by atoms with Crippen LogP contribution in [0.5, 0.6) is 0 Å². The Hall–Kier alpha value is -4.50. The molecule has 9 heteroatoms. The number of anilines is 2. The maximum atomic E-state index is 13.0. The SMILES string of the molecule is CN(C)C(=O)CCNCc1ccc(NC(=C2C(=O)Nc3ccc([N+](=O)[O-])cc32)c2ccccc2)cc1. The molecule has 0 aromatic heterocycles. The van der Waals surface area contributed by atoms with Crippen molar-refractivity contribution in [2.75, 3.05) is 31.3 Å². The topological polar surface area (TPSA) is 117 Å². The van der Waals surface area contributed by atoms with Crippen LogP contribution in [-0.2, 0) is 16.1 Å². The zero-order chi connectivity index (χ0) is 25.7. The molecule has 184 valence electrons. The summed E-state index contributed by atoms with van der Waals surface area (Å²) in [4.78, 5) is 37.1. The molecule has 36 heavy (non-hydrogen) atoms. The number of hydrogen-bond acceptors (Lipinski definition) is 6. The predicted octanol–water partition coefficient (Wildman–Crippen LogP) is 4.10. The average Bonchev–Trinajstić information content (AvgIpc) is 3.21. The second-order valence-electron chi connectivity index (χ2n) is 8.59. The van der Waals surface area contributed by atoms with Crippen molar-refractivity contribution >= 4 is 40.1 Å². The van der Waals surface area contributed by atoms with Gasteiger partial charge in [-0.25, -0.2) is 0 Å². The van der Waals surface area contributed by atoms with Gasteiger partial charge < -0.3 is 20.9 Å². The van der Waals surface area contributed by atoms with E-state index in [0.717, 1.165) is 16.8 Å². The van der Waals surface area contributed by atoms with Crippen molar-refractivity contribution in [2.24, 2.45) is 0 Å². The van der Waals surface area contributed by atoms with Gasteiger partial charge in [0.05, 0.1) is 16.2 Å². The zero-order valence-corrected chi connectivity index (χ0v) is 20.1. The van der Waals surface area contributed by atoms with Crippen LogP contribution in [0.2, 0.25) is 0 Å². The maximum Gasteiger partial charge on any atom is 0.270 e. The van der Waals surface area contributed by atoms with Gasteiger partial charge in [0.25, 0.3) is 11.6 Å². The molecular weight excluding hydrogens is 458 g/mol. The van der Waals surface area contributed by atoms with Gasteiger partial charge in [-0.3, -0.25) is 19.7 Å². The van der Waals surface area contributed by atoms with E-state index in [4.69, 9.17) is 0 Å². The first-order chi connectivity index (χ1) is 17.3. The van der Waals surface area contributed by atoms with Gasteiger partial charge in [-0.1, -0.05) is 42.5 Å². The molecule has 4 rings (SSSR count). The van der Waals surface area contributed by atoms with Crippen LogP contribution in [0.15, 0.2) is 72.8 Å². The lowest BCUT2D eigenvalue weighted by atomic mass is 9.99. The van der Waals surface area contributed by atoms with Crippen molar-refractivity contribution in [1.29, 1.82) is 0 Å². The van der Waals surface area contributed by atoms with E-state index in [2.05, 4.69) is 16.0 Å². The van der Waals surface area contributed by atoms with E-state index < -0.39 is 4.92 Å². The second kappa shape index (κ2) is 10.8. The summed E-state index contributed by atoms with van der Waals surface area (Å²) in [5.74, 6) is -0.253. The minimum absolute atomic E-state index is 0.0754. The number of nitro groups is 1. The molecule has 9 nitrogen and oxygen atoms in total. The highest BCUT2D eigenvalue weighted by Gasteiger charge is 2.30. The van der Waals surface area contributed by atoms with Gasteiger partial charge in [0.1, 0.15) is 0 Å². The molecule has 0 saturated carbocycles. The van der Waals surface area contributed by atoms with Crippen LogP contribution in [0, 0.1) is 10.1 Å². The lowest BCUT2D eigenvalue weighted by Crippen LogP contribution is -2.26. The molecule has 0 saturated heterocycles. The van der Waals surface area contributed by atoms with Gasteiger partial charge in [0.15, 0.2) is 0 Å². The quantitative estimate of drug-likeness (QED) is 0.182. The van der Waals surface area contributed by atoms with Crippen molar-refractivity contribution in [3.63, 3.8) is 0 Å². The third-order valence-corrected chi connectivity index (χ3v) is 5.84. The Bertz CT molecular complexity index is 1320. The third kappa shape index (κ3) is 5.59. The number of non-ortho nitro benzene ring substituents is 1. The van der Waals surface area contributed by atoms with Crippen LogP contribution in [0.25, 0.3) is 11.3 Å². The predicted molar refractivity (Wildman–Crippen MR) is 140 cm³/mol. The van der Waals surface area contributed by atoms with Gasteiger partial charge in [0, 0.05) is 62.7 Å². The number of nitrogens with zero attached hydrogens (tertiary/aromatic N) is 2. The molecule has 1 aliphatic heterocycles. The van der Waals surface area contributed by atoms with Gasteiger partial charge in [0.2, 0.25) is 5.91 Å². The van der Waals surface area contributed by atoms with Crippen LogP contribution >= 0.6 is 0 Å². The van der Waals surface area contributed by atoms with Gasteiger partial charge >= 0.3 is 0 Å². The smallest absolute Gasteiger partial charge is 0.270 e. The Balaban J connectivity index is 1.59. The number of nitrogens with one attached hydrogen (secondary N) is 3. The number of rotatable bonds is 9.